The van der Waals surface area contributed by atoms with Gasteiger partial charge in [-0.15, -0.1) is 0 Å². The molecule has 1 unspecified atom stereocenters. The zero-order chi connectivity index (χ0) is 12.1. The molecule has 0 saturated carbocycles. The Kier molecular flexibility index (Phi) is 4.58. The molecule has 1 atom stereocenters. The molecule has 0 aliphatic heterocycles. The molecule has 1 aromatic rings. The largest absolute Gasteiger partial charge is 0.497 e. The number of hydrogen-bond acceptors (Lipinski definition) is 3. The van der Waals surface area contributed by atoms with E-state index < -0.39 is 12.0 Å². The summed E-state index contributed by atoms with van der Waals surface area (Å²) in [5.74, 6) is -0.204. The van der Waals surface area contributed by atoms with Gasteiger partial charge in [-0.1, -0.05) is 17.7 Å². The smallest absolute Gasteiger partial charge is 0.320 e. The van der Waals surface area contributed by atoms with E-state index in [1.165, 1.54) is 0 Å². The Morgan fingerprint density at radius 1 is 1.62 bits per heavy atom. The Bertz CT molecular complexity index is 381. The average molecular weight is 244 g/mol. The summed E-state index contributed by atoms with van der Waals surface area (Å²) in [6.07, 6.45) is 0. The lowest BCUT2D eigenvalue weighted by molar-refractivity contribution is -0.139. The van der Waals surface area contributed by atoms with E-state index in [4.69, 9.17) is 21.4 Å². The van der Waals surface area contributed by atoms with Crippen molar-refractivity contribution in [3.63, 3.8) is 0 Å². The second kappa shape index (κ2) is 5.72. The second-order valence-corrected chi connectivity index (χ2v) is 3.81. The van der Waals surface area contributed by atoms with Crippen molar-refractivity contribution in [1.29, 1.82) is 0 Å². The topological polar surface area (TPSA) is 58.6 Å². The van der Waals surface area contributed by atoms with Gasteiger partial charge in [0.15, 0.2) is 0 Å². The minimum Gasteiger partial charge on any atom is -0.497 e. The fourth-order valence-electron chi connectivity index (χ4n) is 1.15. The number of hydrogen-bond donors (Lipinski definition) is 2. The summed E-state index contributed by atoms with van der Waals surface area (Å²) in [5.41, 5.74) is 0.843. The Morgan fingerprint density at radius 3 is 2.81 bits per heavy atom. The van der Waals surface area contributed by atoms with E-state index in [0.717, 1.165) is 5.56 Å². The number of carbonyl (C=O) groups is 1. The third-order valence-corrected chi connectivity index (χ3v) is 2.58. The normalized spacial score (nSPS) is 12.2. The van der Waals surface area contributed by atoms with E-state index in [1.54, 1.807) is 26.2 Å². The molecule has 88 valence electrons. The first-order valence-electron chi connectivity index (χ1n) is 4.83. The molecule has 5 heteroatoms. The van der Waals surface area contributed by atoms with Gasteiger partial charge in [-0.2, -0.15) is 0 Å². The van der Waals surface area contributed by atoms with Crippen LogP contribution in [0.2, 0.25) is 5.02 Å². The number of benzene rings is 1. The van der Waals surface area contributed by atoms with Crippen molar-refractivity contribution >= 4 is 17.6 Å². The van der Waals surface area contributed by atoms with Crippen molar-refractivity contribution in [2.45, 2.75) is 19.5 Å². The lowest BCUT2D eigenvalue weighted by Crippen LogP contribution is -2.33. The van der Waals surface area contributed by atoms with Crippen molar-refractivity contribution < 1.29 is 14.6 Å². The molecule has 4 nitrogen and oxygen atoms in total. The molecule has 0 radical (unpaired) electrons. The van der Waals surface area contributed by atoms with E-state index in [1.807, 2.05) is 6.07 Å². The minimum atomic E-state index is -0.885. The summed E-state index contributed by atoms with van der Waals surface area (Å²) in [4.78, 5) is 10.6. The molecule has 0 amide bonds. The Hall–Kier alpha value is -1.26. The van der Waals surface area contributed by atoms with Gasteiger partial charge in [-0.25, -0.2) is 0 Å². The molecule has 1 rings (SSSR count). The Labute approximate surface area is 99.2 Å². The van der Waals surface area contributed by atoms with Crippen LogP contribution in [0.3, 0.4) is 0 Å². The Morgan fingerprint density at radius 2 is 2.31 bits per heavy atom. The van der Waals surface area contributed by atoms with Gasteiger partial charge in [0.1, 0.15) is 11.8 Å². The van der Waals surface area contributed by atoms with Gasteiger partial charge in [-0.3, -0.25) is 4.79 Å². The second-order valence-electron chi connectivity index (χ2n) is 3.40. The van der Waals surface area contributed by atoms with E-state index in [9.17, 15) is 4.79 Å². The molecule has 0 spiro atoms. The molecule has 0 bridgehead atoms. The molecule has 16 heavy (non-hydrogen) atoms. The molecule has 0 aromatic heterocycles. The number of methoxy groups -OCH3 is 1. The average Bonchev–Trinajstić information content (AvgIpc) is 2.26. The maximum atomic E-state index is 10.6. The predicted octanol–water partition coefficient (Wildman–Crippen LogP) is 1.91. The summed E-state index contributed by atoms with van der Waals surface area (Å²) < 4.78 is 5.01. The zero-order valence-electron chi connectivity index (χ0n) is 9.16. The highest BCUT2D eigenvalue weighted by molar-refractivity contribution is 6.31. The number of nitrogens with one attached hydrogen (secondary N) is 1. The highest BCUT2D eigenvalue weighted by Gasteiger charge is 2.10. The number of halogens is 1. The maximum absolute atomic E-state index is 10.6. The highest BCUT2D eigenvalue weighted by atomic mass is 35.5. The SMILES string of the molecule is COc1ccc(CNC(C)C(=O)O)c(Cl)c1. The molecular formula is C11H14ClNO3. The predicted molar refractivity (Wildman–Crippen MR) is 61.9 cm³/mol. The third-order valence-electron chi connectivity index (χ3n) is 2.23. The quantitative estimate of drug-likeness (QED) is 0.830. The van der Waals surface area contributed by atoms with Gasteiger partial charge in [0.05, 0.1) is 7.11 Å². The van der Waals surface area contributed by atoms with Gasteiger partial charge in [0.2, 0.25) is 0 Å². The molecular weight excluding hydrogens is 230 g/mol. The number of carboxylic acids is 1. The van der Waals surface area contributed by atoms with Crippen LogP contribution in [0.5, 0.6) is 5.75 Å². The standard InChI is InChI=1S/C11H14ClNO3/c1-7(11(14)15)13-6-8-3-4-9(16-2)5-10(8)12/h3-5,7,13H,6H2,1-2H3,(H,14,15). The van der Waals surface area contributed by atoms with Crippen LogP contribution in [0.15, 0.2) is 18.2 Å². The van der Waals surface area contributed by atoms with Crippen LogP contribution in [0.25, 0.3) is 0 Å². The fourth-order valence-corrected chi connectivity index (χ4v) is 1.39. The van der Waals surface area contributed by atoms with Crippen LogP contribution >= 0.6 is 11.6 Å². The summed E-state index contributed by atoms with van der Waals surface area (Å²) >= 11 is 6.00. The van der Waals surface area contributed by atoms with Gasteiger partial charge in [0.25, 0.3) is 0 Å². The van der Waals surface area contributed by atoms with Crippen molar-refractivity contribution in [3.8, 4) is 5.75 Å². The van der Waals surface area contributed by atoms with Crippen LogP contribution in [0.4, 0.5) is 0 Å². The molecule has 0 aliphatic rings. The van der Waals surface area contributed by atoms with Crippen LogP contribution < -0.4 is 10.1 Å². The number of carboxylic acid groups (broad SMARTS) is 1. The van der Waals surface area contributed by atoms with Gasteiger partial charge >= 0.3 is 5.97 Å². The van der Waals surface area contributed by atoms with Crippen molar-refractivity contribution in [2.75, 3.05) is 7.11 Å². The van der Waals surface area contributed by atoms with Crippen LogP contribution in [0, 0.1) is 0 Å². The maximum Gasteiger partial charge on any atom is 0.320 e. The molecule has 0 aliphatic carbocycles. The van der Waals surface area contributed by atoms with Crippen molar-refractivity contribution in [3.05, 3.63) is 28.8 Å². The summed E-state index contributed by atoms with van der Waals surface area (Å²) in [5, 5.41) is 12.1. The fraction of sp³-hybridized carbons (Fsp3) is 0.364. The first-order chi connectivity index (χ1) is 7.54. The molecule has 2 N–H and O–H groups in total. The summed E-state index contributed by atoms with van der Waals surface area (Å²) in [6.45, 7) is 2.00. The van der Waals surface area contributed by atoms with Gasteiger partial charge in [-0.05, 0) is 24.6 Å². The first-order valence-corrected chi connectivity index (χ1v) is 5.21. The monoisotopic (exact) mass is 243 g/mol. The van der Waals surface area contributed by atoms with Crippen LogP contribution in [0.1, 0.15) is 12.5 Å². The van der Waals surface area contributed by atoms with E-state index in [0.29, 0.717) is 17.3 Å². The molecule has 0 saturated heterocycles. The van der Waals surface area contributed by atoms with Crippen molar-refractivity contribution in [1.82, 2.24) is 5.32 Å². The highest BCUT2D eigenvalue weighted by Crippen LogP contribution is 2.22. The Balaban J connectivity index is 2.64. The lowest BCUT2D eigenvalue weighted by Gasteiger charge is -2.11. The minimum absolute atomic E-state index is 0.413. The summed E-state index contributed by atoms with van der Waals surface area (Å²) in [6, 6.07) is 4.69. The van der Waals surface area contributed by atoms with E-state index in [2.05, 4.69) is 5.32 Å². The van der Waals surface area contributed by atoms with E-state index in [-0.39, 0.29) is 0 Å². The number of aliphatic carboxylic acids is 1. The molecule has 0 heterocycles. The zero-order valence-corrected chi connectivity index (χ0v) is 9.91. The van der Waals surface area contributed by atoms with E-state index >= 15 is 0 Å². The van der Waals surface area contributed by atoms with Crippen LogP contribution in [-0.4, -0.2) is 24.2 Å². The van der Waals surface area contributed by atoms with Gasteiger partial charge in [0, 0.05) is 11.6 Å². The first kappa shape index (κ1) is 12.8. The summed E-state index contributed by atoms with van der Waals surface area (Å²) in [7, 11) is 1.57. The van der Waals surface area contributed by atoms with Crippen LogP contribution in [-0.2, 0) is 11.3 Å². The molecule has 1 aromatic carbocycles. The number of rotatable bonds is 5. The number of ether oxygens (including phenoxy) is 1. The van der Waals surface area contributed by atoms with Gasteiger partial charge < -0.3 is 15.2 Å². The molecule has 0 fully saturated rings. The third kappa shape index (κ3) is 3.40. The lowest BCUT2D eigenvalue weighted by atomic mass is 10.2. The van der Waals surface area contributed by atoms with Crippen molar-refractivity contribution in [2.24, 2.45) is 0 Å².